The van der Waals surface area contributed by atoms with Gasteiger partial charge in [-0.05, 0) is 18.3 Å². The monoisotopic (exact) mass is 325 g/mol. The van der Waals surface area contributed by atoms with Crippen molar-refractivity contribution in [3.05, 3.63) is 30.3 Å². The van der Waals surface area contributed by atoms with Crippen LogP contribution in [0.4, 0.5) is 0 Å². The van der Waals surface area contributed by atoms with Crippen LogP contribution in [0.5, 0.6) is 0 Å². The van der Waals surface area contributed by atoms with Crippen molar-refractivity contribution in [3.63, 3.8) is 0 Å². The van der Waals surface area contributed by atoms with Gasteiger partial charge in [-0.3, -0.25) is 0 Å². The van der Waals surface area contributed by atoms with Crippen LogP contribution in [0, 0.1) is 41.2 Å². The second kappa shape index (κ2) is 8.14. The van der Waals surface area contributed by atoms with Crippen LogP contribution in [0.2, 0.25) is 0 Å². The Morgan fingerprint density at radius 2 is 1.05 bits per heavy atom. The molecule has 0 atom stereocenters. The molecule has 0 radical (unpaired) electrons. The molecule has 12 nitrogen and oxygen atoms in total. The fraction of sp³-hybridized carbons (Fsp3) is 1.00. The number of rotatable bonds is 11. The van der Waals surface area contributed by atoms with Crippen molar-refractivity contribution >= 4 is 0 Å². The Labute approximate surface area is 125 Å². The van der Waals surface area contributed by atoms with Crippen LogP contribution < -0.4 is 0 Å². The second-order valence-electron chi connectivity index (χ2n) is 6.05. The lowest BCUT2D eigenvalue weighted by atomic mass is 9.79. The zero-order chi connectivity index (χ0) is 17.4. The summed E-state index contributed by atoms with van der Waals surface area (Å²) in [4.78, 5) is 43.8. The highest BCUT2D eigenvalue weighted by Crippen LogP contribution is 2.32. The number of hydrogen-bond donors (Lipinski definition) is 0. The zero-order valence-corrected chi connectivity index (χ0v) is 12.6. The van der Waals surface area contributed by atoms with Crippen LogP contribution in [-0.2, 0) is 14.5 Å². The summed E-state index contributed by atoms with van der Waals surface area (Å²) in [6.07, 6.45) is 0.613. The first kappa shape index (κ1) is 19.6. The second-order valence-corrected chi connectivity index (χ2v) is 6.05. The van der Waals surface area contributed by atoms with Gasteiger partial charge in [0.2, 0.25) is 0 Å². The fourth-order valence-electron chi connectivity index (χ4n) is 1.55. The number of nitrogens with zero attached hydrogens (tertiary/aromatic N) is 3. The molecule has 0 fully saturated rings. The van der Waals surface area contributed by atoms with Crippen LogP contribution in [0.3, 0.4) is 0 Å². The van der Waals surface area contributed by atoms with Gasteiger partial charge in [-0.25, -0.2) is 0 Å². The molecule has 22 heavy (non-hydrogen) atoms. The molecule has 12 heteroatoms. The quantitative estimate of drug-likeness (QED) is 0.404. The predicted octanol–water partition coefficient (Wildman–Crippen LogP) is 1.42. The summed E-state index contributed by atoms with van der Waals surface area (Å²) in [6.45, 7) is 3.81. The molecule has 0 aromatic rings. The third-order valence-electron chi connectivity index (χ3n) is 2.83. The van der Waals surface area contributed by atoms with E-state index in [1.807, 2.05) is 20.8 Å². The maximum Gasteiger partial charge on any atom is 0.294 e. The average molecular weight is 325 g/mol. The topological polar surface area (TPSA) is 157 Å². The molecule has 0 aliphatic rings. The third kappa shape index (κ3) is 9.50. The Hall–Kier alpha value is -2.40. The van der Waals surface area contributed by atoms with Gasteiger partial charge in [0.15, 0.2) is 0 Å². The normalized spacial score (nSPS) is 11.6. The highest BCUT2D eigenvalue weighted by Gasteiger charge is 2.36. The van der Waals surface area contributed by atoms with E-state index in [4.69, 9.17) is 0 Å². The van der Waals surface area contributed by atoms with Crippen LogP contribution in [0.15, 0.2) is 0 Å². The van der Waals surface area contributed by atoms with Gasteiger partial charge in [-0.1, -0.05) is 20.8 Å². The van der Waals surface area contributed by atoms with Gasteiger partial charge in [0.25, 0.3) is 15.3 Å². The molecule has 0 aliphatic heterocycles. The summed E-state index contributed by atoms with van der Waals surface area (Å²) in [5, 5.41) is 27.8. The molecule has 0 N–H and O–H groups in total. The Kier molecular flexibility index (Phi) is 7.25. The Bertz CT molecular complexity index is 361. The molecule has 0 amide bonds. The van der Waals surface area contributed by atoms with E-state index in [-0.39, 0.29) is 11.8 Å². The molecule has 0 unspecified atom stereocenters. The standard InChI is InChI=1S/C10H19N3O9/c1-9(2,3)4-5-10(6-20-11(14)15,7-21-12(16)17)8-22-13(18)19/h4-8H2,1-3H3. The first-order valence-electron chi connectivity index (χ1n) is 6.28. The van der Waals surface area contributed by atoms with E-state index >= 15 is 0 Å². The molecule has 0 saturated carbocycles. The van der Waals surface area contributed by atoms with Crippen molar-refractivity contribution in [3.8, 4) is 0 Å². The average Bonchev–Trinajstić information content (AvgIpc) is 2.35. The van der Waals surface area contributed by atoms with Gasteiger partial charge in [0.1, 0.15) is 19.8 Å². The minimum atomic E-state index is -1.39. The van der Waals surface area contributed by atoms with Crippen molar-refractivity contribution in [2.45, 2.75) is 33.6 Å². The smallest absolute Gasteiger partial charge is 0.294 e. The third-order valence-corrected chi connectivity index (χ3v) is 2.83. The summed E-state index contributed by atoms with van der Waals surface area (Å²) in [5.41, 5.74) is -1.59. The lowest BCUT2D eigenvalue weighted by molar-refractivity contribution is -0.782. The molecular weight excluding hydrogens is 306 g/mol. The predicted molar refractivity (Wildman–Crippen MR) is 70.0 cm³/mol. The van der Waals surface area contributed by atoms with Crippen LogP contribution >= 0.6 is 0 Å². The van der Waals surface area contributed by atoms with Crippen LogP contribution in [0.1, 0.15) is 33.6 Å². The lowest BCUT2D eigenvalue weighted by Crippen LogP contribution is -2.40. The molecule has 0 aliphatic carbocycles. The molecule has 0 bridgehead atoms. The first-order valence-corrected chi connectivity index (χ1v) is 6.28. The van der Waals surface area contributed by atoms with Crippen LogP contribution in [0.25, 0.3) is 0 Å². The van der Waals surface area contributed by atoms with Gasteiger partial charge < -0.3 is 14.5 Å². The van der Waals surface area contributed by atoms with E-state index in [0.29, 0.717) is 6.42 Å². The van der Waals surface area contributed by atoms with Gasteiger partial charge in [-0.15, -0.1) is 30.3 Å². The molecule has 0 spiro atoms. The van der Waals surface area contributed by atoms with E-state index in [2.05, 4.69) is 14.5 Å². The van der Waals surface area contributed by atoms with E-state index in [9.17, 15) is 30.3 Å². The lowest BCUT2D eigenvalue weighted by Gasteiger charge is -2.33. The Balaban J connectivity index is 5.11. The summed E-state index contributed by atoms with van der Waals surface area (Å²) in [5.74, 6) is 0. The Morgan fingerprint density at radius 1 is 0.727 bits per heavy atom. The van der Waals surface area contributed by atoms with Crippen LogP contribution in [-0.4, -0.2) is 35.1 Å². The molecule has 0 aromatic carbocycles. The fourth-order valence-corrected chi connectivity index (χ4v) is 1.55. The zero-order valence-electron chi connectivity index (χ0n) is 12.6. The van der Waals surface area contributed by atoms with Gasteiger partial charge >= 0.3 is 0 Å². The van der Waals surface area contributed by atoms with Gasteiger partial charge in [0, 0.05) is 5.41 Å². The SMILES string of the molecule is CC(C)(C)CCC(CO[N+](=O)[O-])(CO[N+](=O)[O-])CO[N+](=O)[O-]. The molecule has 0 rings (SSSR count). The van der Waals surface area contributed by atoms with E-state index < -0.39 is 40.5 Å². The maximum atomic E-state index is 10.4. The molecule has 0 saturated heterocycles. The number of hydrogen-bond acceptors (Lipinski definition) is 9. The summed E-state index contributed by atoms with van der Waals surface area (Å²) in [6, 6.07) is 0. The van der Waals surface area contributed by atoms with Crippen molar-refractivity contribution in [2.75, 3.05) is 19.8 Å². The van der Waals surface area contributed by atoms with Crippen molar-refractivity contribution in [1.82, 2.24) is 0 Å². The summed E-state index contributed by atoms with van der Waals surface area (Å²) < 4.78 is 0. The maximum absolute atomic E-state index is 10.4. The highest BCUT2D eigenvalue weighted by molar-refractivity contribution is 4.80. The van der Waals surface area contributed by atoms with E-state index in [1.54, 1.807) is 0 Å². The van der Waals surface area contributed by atoms with Crippen molar-refractivity contribution in [1.29, 1.82) is 0 Å². The molecule has 128 valence electrons. The minimum Gasteiger partial charge on any atom is -0.313 e. The Morgan fingerprint density at radius 3 is 1.27 bits per heavy atom. The van der Waals surface area contributed by atoms with E-state index in [1.165, 1.54) is 0 Å². The van der Waals surface area contributed by atoms with Crippen molar-refractivity contribution in [2.24, 2.45) is 10.8 Å². The largest absolute Gasteiger partial charge is 0.313 e. The van der Waals surface area contributed by atoms with Gasteiger partial charge in [-0.2, -0.15) is 0 Å². The molecule has 0 heterocycles. The van der Waals surface area contributed by atoms with Gasteiger partial charge in [0.05, 0.1) is 0 Å². The molecular formula is C10H19N3O9. The summed E-state index contributed by atoms with van der Waals surface area (Å²) >= 11 is 0. The van der Waals surface area contributed by atoms with E-state index in [0.717, 1.165) is 0 Å². The molecule has 0 aromatic heterocycles. The highest BCUT2D eigenvalue weighted by atomic mass is 17.0. The first-order chi connectivity index (χ1) is 9.96. The van der Waals surface area contributed by atoms with Crippen molar-refractivity contribution < 1.29 is 29.8 Å². The minimum absolute atomic E-state index is 0.145. The summed E-state index contributed by atoms with van der Waals surface area (Å²) in [7, 11) is 0.